The van der Waals surface area contributed by atoms with Gasteiger partial charge in [-0.1, -0.05) is 76.5 Å². The highest BCUT2D eigenvalue weighted by Crippen LogP contribution is 2.28. The molecule has 0 saturated heterocycles. The maximum Gasteiger partial charge on any atom is 0.416 e. The van der Waals surface area contributed by atoms with Gasteiger partial charge in [-0.05, 0) is 19.1 Å². The van der Waals surface area contributed by atoms with Gasteiger partial charge in [-0.15, -0.1) is 0 Å². The van der Waals surface area contributed by atoms with Gasteiger partial charge in [0.25, 0.3) is 0 Å². The molecule has 20 heavy (non-hydrogen) atoms. The zero-order chi connectivity index (χ0) is 15.4. The van der Waals surface area contributed by atoms with E-state index < -0.39 is 11.7 Å². The third-order valence-electron chi connectivity index (χ3n) is 3.09. The van der Waals surface area contributed by atoms with Crippen molar-refractivity contribution in [3.63, 3.8) is 0 Å². The molecule has 1 rings (SSSR count). The second-order valence-corrected chi connectivity index (χ2v) is 5.13. The fourth-order valence-electron chi connectivity index (χ4n) is 1.77. The van der Waals surface area contributed by atoms with E-state index in [1.54, 1.807) is 6.92 Å². The predicted octanol–water partition coefficient (Wildman–Crippen LogP) is 6.77. The summed E-state index contributed by atoms with van der Waals surface area (Å²) in [4.78, 5) is 0. The average Bonchev–Trinajstić information content (AvgIpc) is 2.39. The first-order valence-electron chi connectivity index (χ1n) is 7.55. The van der Waals surface area contributed by atoms with Crippen LogP contribution in [0.15, 0.2) is 24.3 Å². The Morgan fingerprint density at radius 3 is 1.50 bits per heavy atom. The molecule has 3 heteroatoms. The minimum atomic E-state index is -4.21. The van der Waals surface area contributed by atoms with Crippen LogP contribution in [0.1, 0.15) is 69.9 Å². The number of unbranched alkanes of at least 4 members (excludes halogenated alkanes) is 6. The van der Waals surface area contributed by atoms with E-state index in [0.717, 1.165) is 17.7 Å². The molecule has 0 radical (unpaired) electrons. The molecule has 1 aromatic rings. The number of benzene rings is 1. The van der Waals surface area contributed by atoms with Crippen molar-refractivity contribution in [2.45, 2.75) is 71.9 Å². The van der Waals surface area contributed by atoms with Crippen LogP contribution in [0.25, 0.3) is 0 Å². The highest BCUT2D eigenvalue weighted by Gasteiger charge is 2.29. The predicted molar refractivity (Wildman–Crippen MR) is 79.8 cm³/mol. The van der Waals surface area contributed by atoms with Crippen molar-refractivity contribution in [2.75, 3.05) is 0 Å². The summed E-state index contributed by atoms with van der Waals surface area (Å²) in [5.41, 5.74) is 0.237. The van der Waals surface area contributed by atoms with Crippen LogP contribution < -0.4 is 0 Å². The van der Waals surface area contributed by atoms with Gasteiger partial charge >= 0.3 is 6.18 Å². The first-order chi connectivity index (χ1) is 9.41. The first-order valence-corrected chi connectivity index (χ1v) is 7.55. The lowest BCUT2D eigenvalue weighted by Crippen LogP contribution is -2.03. The summed E-state index contributed by atoms with van der Waals surface area (Å²) >= 11 is 0. The first kappa shape index (κ1) is 19.0. The molecule has 0 amide bonds. The van der Waals surface area contributed by atoms with E-state index in [1.807, 2.05) is 0 Å². The van der Waals surface area contributed by atoms with Crippen LogP contribution >= 0.6 is 0 Å². The van der Waals surface area contributed by atoms with E-state index in [2.05, 4.69) is 13.8 Å². The molecular weight excluding hydrogens is 261 g/mol. The number of hydrogen-bond donors (Lipinski definition) is 0. The van der Waals surface area contributed by atoms with Crippen LogP contribution in [0.3, 0.4) is 0 Å². The van der Waals surface area contributed by atoms with Crippen molar-refractivity contribution in [3.8, 4) is 0 Å². The minimum absolute atomic E-state index is 0.594. The van der Waals surface area contributed by atoms with Crippen LogP contribution in [0.4, 0.5) is 13.2 Å². The van der Waals surface area contributed by atoms with E-state index in [9.17, 15) is 13.2 Å². The van der Waals surface area contributed by atoms with E-state index in [1.165, 1.54) is 57.1 Å². The standard InChI is InChI=1S/C9H20.C8H7F3/c1-3-5-7-9-8-6-4-2;1-6-2-4-7(5-3-6)8(9,10)11/h3-9H2,1-2H3;2-5H,1H3. The molecule has 0 aromatic heterocycles. The highest BCUT2D eigenvalue weighted by atomic mass is 19.4. The molecule has 0 spiro atoms. The van der Waals surface area contributed by atoms with Crippen molar-refractivity contribution in [1.29, 1.82) is 0 Å². The Balaban J connectivity index is 0.000000370. The van der Waals surface area contributed by atoms with E-state index in [4.69, 9.17) is 0 Å². The number of hydrogen-bond acceptors (Lipinski definition) is 0. The molecule has 0 aliphatic heterocycles. The maximum absolute atomic E-state index is 11.9. The molecule has 0 unspecified atom stereocenters. The second-order valence-electron chi connectivity index (χ2n) is 5.13. The van der Waals surface area contributed by atoms with Crippen LogP contribution in [-0.2, 0) is 6.18 Å². The van der Waals surface area contributed by atoms with E-state index in [-0.39, 0.29) is 0 Å². The summed E-state index contributed by atoms with van der Waals surface area (Å²) in [6.07, 6.45) is 5.76. The van der Waals surface area contributed by atoms with Gasteiger partial charge in [0.05, 0.1) is 5.56 Å². The normalized spacial score (nSPS) is 10.9. The SMILES string of the molecule is CCCCCCCCC.Cc1ccc(C(F)(F)F)cc1. The number of halogens is 3. The Hall–Kier alpha value is -0.990. The van der Waals surface area contributed by atoms with Gasteiger partial charge in [-0.3, -0.25) is 0 Å². The van der Waals surface area contributed by atoms with E-state index >= 15 is 0 Å². The Kier molecular flexibility index (Phi) is 10.2. The van der Waals surface area contributed by atoms with Gasteiger partial charge in [-0.25, -0.2) is 0 Å². The van der Waals surface area contributed by atoms with Crippen LogP contribution in [0, 0.1) is 6.92 Å². The molecule has 0 nitrogen and oxygen atoms in total. The molecule has 0 heterocycles. The van der Waals surface area contributed by atoms with Gasteiger partial charge in [-0.2, -0.15) is 13.2 Å². The van der Waals surface area contributed by atoms with Crippen molar-refractivity contribution in [1.82, 2.24) is 0 Å². The van der Waals surface area contributed by atoms with Crippen LogP contribution in [-0.4, -0.2) is 0 Å². The largest absolute Gasteiger partial charge is 0.416 e. The zero-order valence-electron chi connectivity index (χ0n) is 12.9. The summed E-state index contributed by atoms with van der Waals surface area (Å²) in [6, 6.07) is 5.05. The van der Waals surface area contributed by atoms with Crippen molar-refractivity contribution >= 4 is 0 Å². The fourth-order valence-corrected chi connectivity index (χ4v) is 1.77. The number of alkyl halides is 3. The third kappa shape index (κ3) is 9.88. The maximum atomic E-state index is 11.9. The highest BCUT2D eigenvalue weighted by molar-refractivity contribution is 5.23. The summed E-state index contributed by atoms with van der Waals surface area (Å²) in [6.45, 7) is 6.28. The fraction of sp³-hybridized carbons (Fsp3) is 0.647. The van der Waals surface area contributed by atoms with Gasteiger partial charge in [0.15, 0.2) is 0 Å². The van der Waals surface area contributed by atoms with Crippen molar-refractivity contribution in [2.24, 2.45) is 0 Å². The van der Waals surface area contributed by atoms with Gasteiger partial charge in [0.1, 0.15) is 0 Å². The number of aryl methyl sites for hydroxylation is 1. The molecule has 0 aliphatic rings. The van der Waals surface area contributed by atoms with Gasteiger partial charge < -0.3 is 0 Å². The molecule has 0 bridgehead atoms. The lowest BCUT2D eigenvalue weighted by Gasteiger charge is -2.05. The molecule has 1 aromatic carbocycles. The summed E-state index contributed by atoms with van der Waals surface area (Å²) in [5.74, 6) is 0. The third-order valence-corrected chi connectivity index (χ3v) is 3.09. The monoisotopic (exact) mass is 288 g/mol. The lowest BCUT2D eigenvalue weighted by molar-refractivity contribution is -0.137. The Bertz CT molecular complexity index is 319. The molecule has 0 aliphatic carbocycles. The summed E-state index contributed by atoms with van der Waals surface area (Å²) < 4.78 is 35.8. The molecule has 0 fully saturated rings. The smallest absolute Gasteiger partial charge is 0.166 e. The van der Waals surface area contributed by atoms with Crippen LogP contribution in [0.2, 0.25) is 0 Å². The van der Waals surface area contributed by atoms with Gasteiger partial charge in [0, 0.05) is 0 Å². The quantitative estimate of drug-likeness (QED) is 0.507. The number of rotatable bonds is 6. The van der Waals surface area contributed by atoms with Crippen molar-refractivity contribution < 1.29 is 13.2 Å². The Morgan fingerprint density at radius 1 is 0.750 bits per heavy atom. The topological polar surface area (TPSA) is 0 Å². The molecule has 0 atom stereocenters. The Labute approximate surface area is 121 Å². The zero-order valence-corrected chi connectivity index (χ0v) is 12.9. The molecule has 0 N–H and O–H groups in total. The average molecular weight is 288 g/mol. The molecular formula is C17H27F3. The second kappa shape index (κ2) is 10.8. The lowest BCUT2D eigenvalue weighted by atomic mass is 10.1. The summed E-state index contributed by atoms with van der Waals surface area (Å²) in [5, 5.41) is 0. The van der Waals surface area contributed by atoms with Gasteiger partial charge in [0.2, 0.25) is 0 Å². The van der Waals surface area contributed by atoms with Crippen molar-refractivity contribution in [3.05, 3.63) is 35.4 Å². The van der Waals surface area contributed by atoms with Crippen LogP contribution in [0.5, 0.6) is 0 Å². The Morgan fingerprint density at radius 2 is 1.15 bits per heavy atom. The summed E-state index contributed by atoms with van der Waals surface area (Å²) in [7, 11) is 0. The molecule has 116 valence electrons. The minimum Gasteiger partial charge on any atom is -0.166 e. The molecule has 0 saturated carbocycles. The van der Waals surface area contributed by atoms with E-state index in [0.29, 0.717) is 0 Å².